The zero-order valence-corrected chi connectivity index (χ0v) is 15.9. The van der Waals surface area contributed by atoms with Crippen LogP contribution in [0.15, 0.2) is 66.9 Å². The number of nitrogens with zero attached hydrogens (tertiary/aromatic N) is 4. The fourth-order valence-corrected chi connectivity index (χ4v) is 3.81. The molecule has 0 radical (unpaired) electrons. The Kier molecular flexibility index (Phi) is 3.98. The highest BCUT2D eigenvalue weighted by Crippen LogP contribution is 2.25. The van der Waals surface area contributed by atoms with E-state index in [4.69, 9.17) is 0 Å². The van der Waals surface area contributed by atoms with Crippen molar-refractivity contribution in [1.29, 1.82) is 0 Å². The van der Waals surface area contributed by atoms with E-state index in [0.717, 1.165) is 16.7 Å². The summed E-state index contributed by atoms with van der Waals surface area (Å²) in [4.78, 5) is 36.0. The highest BCUT2D eigenvalue weighted by molar-refractivity contribution is 6.21. The molecule has 29 heavy (non-hydrogen) atoms. The molecule has 2 aromatic carbocycles. The van der Waals surface area contributed by atoms with E-state index in [0.29, 0.717) is 23.5 Å². The second-order valence-electron chi connectivity index (χ2n) is 7.19. The maximum absolute atomic E-state index is 12.8. The van der Waals surface area contributed by atoms with Gasteiger partial charge in [-0.1, -0.05) is 42.0 Å². The van der Waals surface area contributed by atoms with E-state index in [9.17, 15) is 9.59 Å². The minimum Gasteiger partial charge on any atom is -0.307 e. The number of imidazole rings is 1. The van der Waals surface area contributed by atoms with Gasteiger partial charge >= 0.3 is 0 Å². The largest absolute Gasteiger partial charge is 0.307 e. The highest BCUT2D eigenvalue weighted by atomic mass is 16.2. The van der Waals surface area contributed by atoms with E-state index in [1.54, 1.807) is 30.5 Å². The van der Waals surface area contributed by atoms with Crippen molar-refractivity contribution >= 4 is 23.0 Å². The van der Waals surface area contributed by atoms with Crippen molar-refractivity contribution in [3.63, 3.8) is 0 Å². The number of aryl methyl sites for hydroxylation is 1. The molecule has 5 rings (SSSR count). The zero-order valence-electron chi connectivity index (χ0n) is 15.9. The zero-order chi connectivity index (χ0) is 20.0. The smallest absolute Gasteiger partial charge is 0.261 e. The molecule has 0 unspecified atom stereocenters. The van der Waals surface area contributed by atoms with Crippen molar-refractivity contribution < 1.29 is 9.59 Å². The quantitative estimate of drug-likeness (QED) is 0.506. The van der Waals surface area contributed by atoms with Crippen molar-refractivity contribution in [2.75, 3.05) is 0 Å². The van der Waals surface area contributed by atoms with Gasteiger partial charge in [-0.3, -0.25) is 14.5 Å². The van der Waals surface area contributed by atoms with E-state index in [-0.39, 0.29) is 18.4 Å². The van der Waals surface area contributed by atoms with Crippen LogP contribution < -0.4 is 0 Å². The Morgan fingerprint density at radius 1 is 0.862 bits per heavy atom. The molecule has 1 aliphatic rings. The van der Waals surface area contributed by atoms with Crippen LogP contribution in [0.4, 0.5) is 0 Å². The fourth-order valence-electron chi connectivity index (χ4n) is 3.81. The van der Waals surface area contributed by atoms with Gasteiger partial charge in [-0.2, -0.15) is 0 Å². The average Bonchev–Trinajstić information content (AvgIpc) is 3.19. The van der Waals surface area contributed by atoms with Gasteiger partial charge in [0, 0.05) is 6.20 Å². The number of amides is 2. The molecule has 0 saturated heterocycles. The Hall–Kier alpha value is -3.80. The number of aromatic nitrogens is 3. The van der Waals surface area contributed by atoms with Crippen LogP contribution in [0.5, 0.6) is 0 Å². The summed E-state index contributed by atoms with van der Waals surface area (Å²) in [6, 6.07) is 18.9. The number of hydrogen-bond donors (Lipinski definition) is 0. The molecule has 0 spiro atoms. The number of benzene rings is 2. The summed E-state index contributed by atoms with van der Waals surface area (Å²) in [5.41, 5.74) is 4.64. The predicted octanol–water partition coefficient (Wildman–Crippen LogP) is 3.58. The minimum atomic E-state index is -0.285. The van der Waals surface area contributed by atoms with Crippen molar-refractivity contribution in [3.05, 3.63) is 94.9 Å². The van der Waals surface area contributed by atoms with Gasteiger partial charge < -0.3 is 4.57 Å². The van der Waals surface area contributed by atoms with Crippen molar-refractivity contribution in [2.45, 2.75) is 20.0 Å². The maximum atomic E-state index is 12.8. The number of fused-ring (bicyclic) bond motifs is 2. The number of hydrogen-bond acceptors (Lipinski definition) is 4. The first-order valence-corrected chi connectivity index (χ1v) is 9.43. The van der Waals surface area contributed by atoms with Crippen LogP contribution in [0.25, 0.3) is 11.2 Å². The van der Waals surface area contributed by atoms with Crippen LogP contribution in [-0.2, 0) is 13.1 Å². The normalized spacial score (nSPS) is 13.3. The Bertz CT molecular complexity index is 1240. The van der Waals surface area contributed by atoms with Crippen LogP contribution >= 0.6 is 0 Å². The molecule has 2 amide bonds. The molecule has 6 nitrogen and oxygen atoms in total. The molecule has 0 bridgehead atoms. The SMILES string of the molecule is Cc1cccc(Cn2c(CN3C(=O)c4ccccc4C3=O)nc3cccnc32)c1. The number of carbonyl (C=O) groups excluding carboxylic acids is 2. The summed E-state index contributed by atoms with van der Waals surface area (Å²) < 4.78 is 1.98. The van der Waals surface area contributed by atoms with E-state index < -0.39 is 0 Å². The van der Waals surface area contributed by atoms with E-state index >= 15 is 0 Å². The average molecular weight is 382 g/mol. The molecule has 6 heteroatoms. The van der Waals surface area contributed by atoms with Gasteiger partial charge in [-0.15, -0.1) is 0 Å². The third-order valence-electron chi connectivity index (χ3n) is 5.18. The number of rotatable bonds is 4. The lowest BCUT2D eigenvalue weighted by Gasteiger charge is -2.15. The first-order valence-electron chi connectivity index (χ1n) is 9.43. The summed E-state index contributed by atoms with van der Waals surface area (Å²) in [7, 11) is 0. The lowest BCUT2D eigenvalue weighted by molar-refractivity contribution is 0.0637. The number of carbonyl (C=O) groups is 2. The van der Waals surface area contributed by atoms with E-state index in [1.165, 1.54) is 10.5 Å². The minimum absolute atomic E-state index is 0.106. The van der Waals surface area contributed by atoms with E-state index in [1.807, 2.05) is 41.8 Å². The van der Waals surface area contributed by atoms with Crippen LogP contribution in [0.2, 0.25) is 0 Å². The van der Waals surface area contributed by atoms with E-state index in [2.05, 4.69) is 16.0 Å². The van der Waals surface area contributed by atoms with Crippen molar-refractivity contribution in [2.24, 2.45) is 0 Å². The Morgan fingerprint density at radius 2 is 1.62 bits per heavy atom. The van der Waals surface area contributed by atoms with Crippen LogP contribution in [0, 0.1) is 6.92 Å². The van der Waals surface area contributed by atoms with Gasteiger partial charge in [0.2, 0.25) is 0 Å². The van der Waals surface area contributed by atoms with Crippen LogP contribution in [-0.4, -0.2) is 31.2 Å². The monoisotopic (exact) mass is 382 g/mol. The molecular formula is C23H18N4O2. The van der Waals surface area contributed by atoms with Gasteiger partial charge in [0.1, 0.15) is 11.3 Å². The molecule has 2 aromatic heterocycles. The molecule has 3 heterocycles. The summed E-state index contributed by atoms with van der Waals surface area (Å²) >= 11 is 0. The molecule has 0 saturated carbocycles. The Balaban J connectivity index is 1.55. The summed E-state index contributed by atoms with van der Waals surface area (Å²) in [6.07, 6.45) is 1.72. The van der Waals surface area contributed by atoms with Gasteiger partial charge in [0.25, 0.3) is 11.8 Å². The topological polar surface area (TPSA) is 68.1 Å². The van der Waals surface area contributed by atoms with Gasteiger partial charge in [0.15, 0.2) is 5.65 Å². The van der Waals surface area contributed by atoms with Crippen LogP contribution in [0.3, 0.4) is 0 Å². The summed E-state index contributed by atoms with van der Waals surface area (Å²) in [5.74, 6) is 0.0650. The number of pyridine rings is 1. The molecule has 4 aromatic rings. The van der Waals surface area contributed by atoms with Gasteiger partial charge in [0.05, 0.1) is 24.2 Å². The second kappa shape index (κ2) is 6.67. The van der Waals surface area contributed by atoms with Crippen LogP contribution in [0.1, 0.15) is 37.7 Å². The molecule has 0 aliphatic carbocycles. The molecule has 0 fully saturated rings. The Labute approximate surface area is 167 Å². The first-order chi connectivity index (χ1) is 14.1. The molecular weight excluding hydrogens is 364 g/mol. The summed E-state index contributed by atoms with van der Waals surface area (Å²) in [5, 5.41) is 0. The molecule has 142 valence electrons. The lowest BCUT2D eigenvalue weighted by atomic mass is 10.1. The summed E-state index contributed by atoms with van der Waals surface area (Å²) in [6.45, 7) is 2.72. The molecule has 1 aliphatic heterocycles. The first kappa shape index (κ1) is 17.3. The Morgan fingerprint density at radius 3 is 2.34 bits per heavy atom. The second-order valence-corrected chi connectivity index (χ2v) is 7.19. The maximum Gasteiger partial charge on any atom is 0.261 e. The predicted molar refractivity (Wildman–Crippen MR) is 108 cm³/mol. The third kappa shape index (κ3) is 2.89. The third-order valence-corrected chi connectivity index (χ3v) is 5.18. The number of imide groups is 1. The van der Waals surface area contributed by atoms with Gasteiger partial charge in [-0.25, -0.2) is 9.97 Å². The molecule has 0 N–H and O–H groups in total. The van der Waals surface area contributed by atoms with Crippen molar-refractivity contribution in [3.8, 4) is 0 Å². The van der Waals surface area contributed by atoms with Crippen molar-refractivity contribution in [1.82, 2.24) is 19.4 Å². The lowest BCUT2D eigenvalue weighted by Crippen LogP contribution is -2.30. The van der Waals surface area contributed by atoms with Gasteiger partial charge in [-0.05, 0) is 36.8 Å². The highest BCUT2D eigenvalue weighted by Gasteiger charge is 2.36. The standard InChI is InChI=1S/C23H18N4O2/c1-15-6-4-7-16(12-15)13-26-20(25-19-10-5-11-24-21(19)26)14-27-22(28)17-8-2-3-9-18(17)23(27)29/h2-12H,13-14H2,1H3. The fraction of sp³-hybridized carbons (Fsp3) is 0.130. The molecule has 0 atom stereocenters.